The highest BCUT2D eigenvalue weighted by atomic mass is 32.1. The maximum absolute atomic E-state index is 13.3. The maximum atomic E-state index is 13.3. The number of nitrogens with one attached hydrogen (secondary N) is 1. The molecule has 214 valence electrons. The largest absolute Gasteiger partial charge is 0.480 e. The van der Waals surface area contributed by atoms with Crippen LogP contribution in [0.5, 0.6) is 11.5 Å². The van der Waals surface area contributed by atoms with Crippen LogP contribution in [0.4, 0.5) is 0 Å². The zero-order valence-corrected chi connectivity index (χ0v) is 25.0. The van der Waals surface area contributed by atoms with Crippen LogP contribution in [-0.4, -0.2) is 28.0 Å². The summed E-state index contributed by atoms with van der Waals surface area (Å²) in [5, 5.41) is 14.4. The fraction of sp³-hybridized carbons (Fsp3) is 0.382. The number of benzene rings is 2. The Morgan fingerprint density at radius 1 is 1.02 bits per heavy atom. The van der Waals surface area contributed by atoms with E-state index in [9.17, 15) is 14.7 Å². The van der Waals surface area contributed by atoms with E-state index in [-0.39, 0.29) is 17.5 Å². The summed E-state index contributed by atoms with van der Waals surface area (Å²) < 4.78 is 6.22. The number of carboxylic acids is 1. The van der Waals surface area contributed by atoms with Gasteiger partial charge in [-0.3, -0.25) is 4.79 Å². The number of ether oxygens (including phenoxy) is 1. The Hall–Kier alpha value is -3.71. The molecule has 0 bridgehead atoms. The second-order valence-electron chi connectivity index (χ2n) is 12.1. The van der Waals surface area contributed by atoms with Crippen LogP contribution in [0.25, 0.3) is 10.8 Å². The van der Waals surface area contributed by atoms with Gasteiger partial charge in [0.1, 0.15) is 23.2 Å². The van der Waals surface area contributed by atoms with Crippen LogP contribution in [0.3, 0.4) is 0 Å². The van der Waals surface area contributed by atoms with Gasteiger partial charge in [-0.2, -0.15) is 0 Å². The fourth-order valence-electron chi connectivity index (χ4n) is 5.51. The third-order valence-corrected chi connectivity index (χ3v) is 8.86. The van der Waals surface area contributed by atoms with Crippen LogP contribution >= 0.6 is 11.3 Å². The molecule has 1 fully saturated rings. The third kappa shape index (κ3) is 7.14. The molecule has 2 aromatic heterocycles. The highest BCUT2D eigenvalue weighted by Crippen LogP contribution is 2.33. The van der Waals surface area contributed by atoms with Crippen molar-refractivity contribution < 1.29 is 19.4 Å². The van der Waals surface area contributed by atoms with Gasteiger partial charge in [0.05, 0.1) is 0 Å². The standard InChI is InChI=1S/C34H38N2O4S/c1-21-9-16-27(41-21)20-31(33(38)39)36-32(37)30-18-23-10-13-26(40-25-14-11-24(12-15-25)34(2,3)4)19-28(23)29(35-30)17-22-7-5-6-8-22/h9-16,18-19,22,31H,5-8,17,20H2,1-4H3,(H,36,37)(H,38,39). The summed E-state index contributed by atoms with van der Waals surface area (Å²) in [6.07, 6.45) is 5.74. The summed E-state index contributed by atoms with van der Waals surface area (Å²) in [6.45, 7) is 8.54. The van der Waals surface area contributed by atoms with Crippen LogP contribution in [0.2, 0.25) is 0 Å². The first-order valence-electron chi connectivity index (χ1n) is 14.4. The van der Waals surface area contributed by atoms with Crippen LogP contribution in [-0.2, 0) is 23.1 Å². The molecule has 0 saturated heterocycles. The average Bonchev–Trinajstić information content (AvgIpc) is 3.59. The second-order valence-corrected chi connectivity index (χ2v) is 13.5. The van der Waals surface area contributed by atoms with Gasteiger partial charge in [-0.25, -0.2) is 9.78 Å². The predicted octanol–water partition coefficient (Wildman–Crippen LogP) is 7.85. The number of amides is 1. The van der Waals surface area contributed by atoms with Gasteiger partial charge in [0, 0.05) is 27.3 Å². The third-order valence-electron chi connectivity index (χ3n) is 7.83. The highest BCUT2D eigenvalue weighted by Gasteiger charge is 2.24. The van der Waals surface area contributed by atoms with Gasteiger partial charge in [0.15, 0.2) is 0 Å². The number of thiophene rings is 1. The van der Waals surface area contributed by atoms with Crippen molar-refractivity contribution in [1.82, 2.24) is 10.3 Å². The SMILES string of the molecule is Cc1ccc(CC(NC(=O)c2cc3ccc(Oc4ccc(C(C)(C)C)cc4)cc3c(CC3CCCC3)n2)C(=O)O)s1. The molecule has 0 radical (unpaired) electrons. The molecule has 1 aliphatic carbocycles. The van der Waals surface area contributed by atoms with E-state index in [1.54, 1.807) is 6.07 Å². The minimum absolute atomic E-state index is 0.0692. The van der Waals surface area contributed by atoms with E-state index in [4.69, 9.17) is 9.72 Å². The molecule has 1 amide bonds. The Bertz CT molecular complexity index is 1550. The molecule has 7 heteroatoms. The monoisotopic (exact) mass is 570 g/mol. The maximum Gasteiger partial charge on any atom is 0.326 e. The van der Waals surface area contributed by atoms with Gasteiger partial charge in [-0.05, 0) is 78.1 Å². The number of rotatable bonds is 9. The summed E-state index contributed by atoms with van der Waals surface area (Å²) in [5.74, 6) is 0.463. The number of pyridine rings is 1. The molecular weight excluding hydrogens is 532 g/mol. The van der Waals surface area contributed by atoms with E-state index >= 15 is 0 Å². The predicted molar refractivity (Wildman–Crippen MR) is 164 cm³/mol. The highest BCUT2D eigenvalue weighted by molar-refractivity contribution is 7.11. The molecule has 6 nitrogen and oxygen atoms in total. The van der Waals surface area contributed by atoms with Crippen LogP contribution in [0.1, 0.15) is 78.0 Å². The number of hydrogen-bond donors (Lipinski definition) is 2. The van der Waals surface area contributed by atoms with Crippen molar-refractivity contribution in [3.05, 3.63) is 87.4 Å². The zero-order valence-electron chi connectivity index (χ0n) is 24.2. The first-order valence-corrected chi connectivity index (χ1v) is 15.2. The average molecular weight is 571 g/mol. The number of carboxylic acid groups (broad SMARTS) is 1. The number of carbonyl (C=O) groups excluding carboxylic acids is 1. The van der Waals surface area contributed by atoms with E-state index in [2.05, 4.69) is 38.2 Å². The van der Waals surface area contributed by atoms with Crippen molar-refractivity contribution in [3.63, 3.8) is 0 Å². The van der Waals surface area contributed by atoms with Crippen LogP contribution in [0, 0.1) is 12.8 Å². The molecule has 1 unspecified atom stereocenters. The van der Waals surface area contributed by atoms with Crippen molar-refractivity contribution >= 4 is 34.0 Å². The summed E-state index contributed by atoms with van der Waals surface area (Å²) in [5.41, 5.74) is 2.41. The van der Waals surface area contributed by atoms with Crippen molar-refractivity contribution in [1.29, 1.82) is 0 Å². The number of fused-ring (bicyclic) bond motifs is 1. The van der Waals surface area contributed by atoms with Crippen molar-refractivity contribution in [2.24, 2.45) is 5.92 Å². The summed E-state index contributed by atoms with van der Waals surface area (Å²) in [6, 6.07) is 18.6. The normalized spacial score (nSPS) is 14.7. The van der Waals surface area contributed by atoms with Crippen molar-refractivity contribution in [2.75, 3.05) is 0 Å². The minimum Gasteiger partial charge on any atom is -0.480 e. The number of carbonyl (C=O) groups is 2. The Morgan fingerprint density at radius 3 is 2.37 bits per heavy atom. The first-order chi connectivity index (χ1) is 19.5. The molecule has 1 atom stereocenters. The molecule has 0 spiro atoms. The quantitative estimate of drug-likeness (QED) is 0.214. The molecule has 2 N–H and O–H groups in total. The Labute approximate surface area is 245 Å². The molecule has 4 aromatic rings. The molecule has 41 heavy (non-hydrogen) atoms. The van der Waals surface area contributed by atoms with Crippen LogP contribution in [0.15, 0.2) is 60.7 Å². The van der Waals surface area contributed by atoms with E-state index in [0.717, 1.165) is 51.2 Å². The Kier molecular flexibility index (Phi) is 8.45. The van der Waals surface area contributed by atoms with Crippen LogP contribution < -0.4 is 10.1 Å². The number of nitrogens with zero attached hydrogens (tertiary/aromatic N) is 1. The summed E-state index contributed by atoms with van der Waals surface area (Å²) in [4.78, 5) is 32.2. The number of hydrogen-bond acceptors (Lipinski definition) is 5. The molecule has 1 aliphatic rings. The van der Waals surface area contributed by atoms with Gasteiger partial charge in [0.2, 0.25) is 0 Å². The van der Waals surface area contributed by atoms with Gasteiger partial charge in [-0.1, -0.05) is 64.7 Å². The van der Waals surface area contributed by atoms with Gasteiger partial charge in [0.25, 0.3) is 5.91 Å². The lowest BCUT2D eigenvalue weighted by molar-refractivity contribution is -0.139. The summed E-state index contributed by atoms with van der Waals surface area (Å²) >= 11 is 1.54. The van der Waals surface area contributed by atoms with Crippen molar-refractivity contribution in [3.8, 4) is 11.5 Å². The topological polar surface area (TPSA) is 88.5 Å². The lowest BCUT2D eigenvalue weighted by atomic mass is 9.87. The lowest BCUT2D eigenvalue weighted by Gasteiger charge is -2.19. The Balaban J connectivity index is 1.42. The summed E-state index contributed by atoms with van der Waals surface area (Å²) in [7, 11) is 0. The van der Waals surface area contributed by atoms with Gasteiger partial charge < -0.3 is 15.2 Å². The second kappa shape index (κ2) is 12.0. The van der Waals surface area contributed by atoms with Gasteiger partial charge in [-0.15, -0.1) is 11.3 Å². The molecular formula is C34H38N2O4S. The van der Waals surface area contributed by atoms with E-state index in [1.165, 1.54) is 29.7 Å². The number of aliphatic carboxylic acids is 1. The van der Waals surface area contributed by atoms with E-state index in [0.29, 0.717) is 11.7 Å². The van der Waals surface area contributed by atoms with E-state index < -0.39 is 17.9 Å². The lowest BCUT2D eigenvalue weighted by Crippen LogP contribution is -2.42. The van der Waals surface area contributed by atoms with Gasteiger partial charge >= 0.3 is 5.97 Å². The van der Waals surface area contributed by atoms with E-state index in [1.807, 2.05) is 49.4 Å². The first kappa shape index (κ1) is 28.8. The molecule has 1 saturated carbocycles. The smallest absolute Gasteiger partial charge is 0.326 e. The number of aryl methyl sites for hydroxylation is 1. The molecule has 0 aliphatic heterocycles. The molecule has 2 aromatic carbocycles. The number of aromatic nitrogens is 1. The Morgan fingerprint density at radius 2 is 1.73 bits per heavy atom. The molecule has 2 heterocycles. The zero-order chi connectivity index (χ0) is 29.1. The minimum atomic E-state index is -1.06. The van der Waals surface area contributed by atoms with Crippen molar-refractivity contribution in [2.45, 2.75) is 77.7 Å². The fourth-order valence-corrected chi connectivity index (χ4v) is 6.44. The molecule has 5 rings (SSSR count).